The summed E-state index contributed by atoms with van der Waals surface area (Å²) in [6, 6.07) is 4.49. The molecule has 2 amide bonds. The summed E-state index contributed by atoms with van der Waals surface area (Å²) < 4.78 is 0. The third kappa shape index (κ3) is 2.77. The number of nitrogens with zero attached hydrogens (tertiary/aromatic N) is 2. The molecule has 2 fully saturated rings. The molecule has 2 aliphatic heterocycles. The topological polar surface area (TPSA) is 57.3 Å². The van der Waals surface area contributed by atoms with Crippen LogP contribution in [0.4, 0.5) is 10.6 Å². The number of hydrogen-bond donors (Lipinski definition) is 2. The van der Waals surface area contributed by atoms with Gasteiger partial charge in [-0.2, -0.15) is 0 Å². The Morgan fingerprint density at radius 1 is 1.35 bits per heavy atom. The highest BCUT2D eigenvalue weighted by atomic mass is 16.2. The molecule has 0 aromatic carbocycles. The molecule has 2 N–H and O–H groups in total. The summed E-state index contributed by atoms with van der Waals surface area (Å²) in [4.78, 5) is 18.8. The van der Waals surface area contributed by atoms with Gasteiger partial charge in [-0.15, -0.1) is 0 Å². The molecule has 20 heavy (non-hydrogen) atoms. The van der Waals surface area contributed by atoms with E-state index in [1.54, 1.807) is 6.20 Å². The van der Waals surface area contributed by atoms with E-state index in [4.69, 9.17) is 0 Å². The second kappa shape index (κ2) is 5.79. The van der Waals surface area contributed by atoms with E-state index >= 15 is 0 Å². The summed E-state index contributed by atoms with van der Waals surface area (Å²) in [7, 11) is 0. The van der Waals surface area contributed by atoms with Gasteiger partial charge in [0.2, 0.25) is 0 Å². The molecule has 1 aromatic heterocycles. The number of amides is 2. The predicted molar refractivity (Wildman–Crippen MR) is 78.7 cm³/mol. The number of rotatable bonds is 2. The maximum Gasteiger partial charge on any atom is 0.320 e. The van der Waals surface area contributed by atoms with Gasteiger partial charge in [-0.3, -0.25) is 10.2 Å². The van der Waals surface area contributed by atoms with Crippen LogP contribution < -0.4 is 10.6 Å². The lowest BCUT2D eigenvalue weighted by atomic mass is 9.99. The quantitative estimate of drug-likeness (QED) is 0.868. The molecule has 3 heterocycles. The maximum absolute atomic E-state index is 12.1. The van der Waals surface area contributed by atoms with Gasteiger partial charge in [0.1, 0.15) is 5.82 Å². The zero-order valence-corrected chi connectivity index (χ0v) is 11.9. The van der Waals surface area contributed by atoms with Gasteiger partial charge < -0.3 is 5.32 Å². The van der Waals surface area contributed by atoms with Crippen LogP contribution >= 0.6 is 0 Å². The van der Waals surface area contributed by atoms with Crippen LogP contribution in [-0.2, 0) is 0 Å². The van der Waals surface area contributed by atoms with E-state index in [-0.39, 0.29) is 12.1 Å². The molecule has 5 heteroatoms. The highest BCUT2D eigenvalue weighted by Crippen LogP contribution is 2.27. The van der Waals surface area contributed by atoms with E-state index in [2.05, 4.69) is 20.5 Å². The molecule has 2 saturated heterocycles. The Balaban J connectivity index is 1.58. The average molecular weight is 274 g/mol. The molecule has 3 rings (SSSR count). The third-order valence-electron chi connectivity index (χ3n) is 4.41. The molecule has 0 unspecified atom stereocenters. The second-order valence-electron chi connectivity index (χ2n) is 5.76. The lowest BCUT2D eigenvalue weighted by molar-refractivity contribution is 0.180. The summed E-state index contributed by atoms with van der Waals surface area (Å²) >= 11 is 0. The zero-order chi connectivity index (χ0) is 13.9. The number of anilines is 1. The van der Waals surface area contributed by atoms with Gasteiger partial charge in [-0.25, -0.2) is 9.78 Å². The highest BCUT2D eigenvalue weighted by molar-refractivity contribution is 5.89. The number of aromatic nitrogens is 1. The lowest BCUT2D eigenvalue weighted by Gasteiger charge is -2.32. The molecule has 108 valence electrons. The second-order valence-corrected chi connectivity index (χ2v) is 5.76. The van der Waals surface area contributed by atoms with Gasteiger partial charge >= 0.3 is 6.03 Å². The first kappa shape index (κ1) is 13.4. The molecule has 0 aliphatic carbocycles. The first-order chi connectivity index (χ1) is 9.74. The van der Waals surface area contributed by atoms with Crippen LogP contribution in [0.1, 0.15) is 31.2 Å². The summed E-state index contributed by atoms with van der Waals surface area (Å²) in [5.74, 6) is 0.642. The zero-order valence-electron chi connectivity index (χ0n) is 11.9. The third-order valence-corrected chi connectivity index (χ3v) is 4.41. The number of aryl methyl sites for hydroxylation is 1. The van der Waals surface area contributed by atoms with Crippen molar-refractivity contribution in [2.45, 2.75) is 44.7 Å². The normalized spacial score (nSPS) is 26.1. The Kier molecular flexibility index (Phi) is 3.87. The largest absolute Gasteiger partial charge is 0.333 e. The van der Waals surface area contributed by atoms with E-state index in [1.165, 1.54) is 25.8 Å². The van der Waals surface area contributed by atoms with Crippen LogP contribution in [0.2, 0.25) is 0 Å². The predicted octanol–water partition coefficient (Wildman–Crippen LogP) is 2.14. The Bertz CT molecular complexity index is 491. The van der Waals surface area contributed by atoms with Crippen molar-refractivity contribution < 1.29 is 4.79 Å². The van der Waals surface area contributed by atoms with Crippen molar-refractivity contribution in [3.05, 3.63) is 23.9 Å². The molecule has 0 saturated carbocycles. The minimum atomic E-state index is -0.135. The number of hydrogen-bond acceptors (Lipinski definition) is 3. The summed E-state index contributed by atoms with van der Waals surface area (Å²) in [5, 5.41) is 5.97. The van der Waals surface area contributed by atoms with Crippen molar-refractivity contribution in [1.82, 2.24) is 15.2 Å². The molecule has 0 spiro atoms. The first-order valence-electron chi connectivity index (χ1n) is 7.47. The molecule has 2 aliphatic rings. The van der Waals surface area contributed by atoms with Gasteiger partial charge in [-0.05, 0) is 44.4 Å². The highest BCUT2D eigenvalue weighted by Gasteiger charge is 2.36. The van der Waals surface area contributed by atoms with Crippen molar-refractivity contribution in [2.24, 2.45) is 0 Å². The van der Waals surface area contributed by atoms with Gasteiger partial charge in [0, 0.05) is 24.8 Å². The molecular formula is C15H22N4O. The monoisotopic (exact) mass is 274 g/mol. The standard InChI is InChI=1S/C15H22N4O/c1-11-5-4-8-16-14(11)18-15(20)17-12-7-10-19-9-3-2-6-13(12)19/h4-5,8,12-13H,2-3,6-7,9-10H2,1H3,(H2,16,17,18,20)/t12-,13-/m1/s1. The van der Waals surface area contributed by atoms with Crippen LogP contribution in [0.3, 0.4) is 0 Å². The summed E-state index contributed by atoms with van der Waals surface area (Å²) in [6.45, 7) is 4.24. The van der Waals surface area contributed by atoms with Gasteiger partial charge in [0.25, 0.3) is 0 Å². The van der Waals surface area contributed by atoms with Crippen molar-refractivity contribution >= 4 is 11.8 Å². The van der Waals surface area contributed by atoms with E-state index in [1.807, 2.05) is 19.1 Å². The summed E-state index contributed by atoms with van der Waals surface area (Å²) in [6.07, 6.45) is 6.52. The van der Waals surface area contributed by atoms with Crippen molar-refractivity contribution in [2.75, 3.05) is 18.4 Å². The SMILES string of the molecule is Cc1cccnc1NC(=O)N[C@@H]1CCN2CCCC[C@H]12. The number of pyridine rings is 1. The smallest absolute Gasteiger partial charge is 0.320 e. The molecule has 5 nitrogen and oxygen atoms in total. The number of urea groups is 1. The van der Waals surface area contributed by atoms with Gasteiger partial charge in [-0.1, -0.05) is 12.5 Å². The van der Waals surface area contributed by atoms with Crippen LogP contribution in [-0.4, -0.2) is 41.1 Å². The van der Waals surface area contributed by atoms with E-state index < -0.39 is 0 Å². The van der Waals surface area contributed by atoms with Crippen molar-refractivity contribution in [3.8, 4) is 0 Å². The Morgan fingerprint density at radius 3 is 3.10 bits per heavy atom. The van der Waals surface area contributed by atoms with E-state index in [0.717, 1.165) is 18.5 Å². The molecule has 0 bridgehead atoms. The number of nitrogens with one attached hydrogen (secondary N) is 2. The van der Waals surface area contributed by atoms with Gasteiger partial charge in [0.15, 0.2) is 0 Å². The Labute approximate surface area is 119 Å². The fourth-order valence-electron chi connectivity index (χ4n) is 3.34. The molecule has 0 radical (unpaired) electrons. The van der Waals surface area contributed by atoms with E-state index in [9.17, 15) is 4.79 Å². The lowest BCUT2D eigenvalue weighted by Crippen LogP contribution is -2.48. The van der Waals surface area contributed by atoms with Crippen molar-refractivity contribution in [1.29, 1.82) is 0 Å². The number of carbonyl (C=O) groups is 1. The van der Waals surface area contributed by atoms with Crippen molar-refractivity contribution in [3.63, 3.8) is 0 Å². The Hall–Kier alpha value is -1.62. The first-order valence-corrected chi connectivity index (χ1v) is 7.47. The van der Waals surface area contributed by atoms with Crippen LogP contribution in [0, 0.1) is 6.92 Å². The van der Waals surface area contributed by atoms with Crippen LogP contribution in [0.5, 0.6) is 0 Å². The number of carbonyl (C=O) groups excluding carboxylic acids is 1. The minimum Gasteiger partial charge on any atom is -0.333 e. The van der Waals surface area contributed by atoms with Gasteiger partial charge in [0.05, 0.1) is 0 Å². The fraction of sp³-hybridized carbons (Fsp3) is 0.600. The average Bonchev–Trinajstić information content (AvgIpc) is 2.85. The number of fused-ring (bicyclic) bond motifs is 1. The summed E-state index contributed by atoms with van der Waals surface area (Å²) in [5.41, 5.74) is 0.980. The Morgan fingerprint density at radius 2 is 2.25 bits per heavy atom. The fourth-order valence-corrected chi connectivity index (χ4v) is 3.34. The number of piperidine rings is 1. The van der Waals surface area contributed by atoms with Crippen LogP contribution in [0.25, 0.3) is 0 Å². The van der Waals surface area contributed by atoms with Crippen LogP contribution in [0.15, 0.2) is 18.3 Å². The van der Waals surface area contributed by atoms with E-state index in [0.29, 0.717) is 11.9 Å². The molecular weight excluding hydrogens is 252 g/mol. The minimum absolute atomic E-state index is 0.135. The maximum atomic E-state index is 12.1. The molecule has 2 atom stereocenters. The molecule has 1 aromatic rings.